The first-order chi connectivity index (χ1) is 8.31. The molecular formula is C13H17N3O. The Balaban J connectivity index is 1.92. The van der Waals surface area contributed by atoms with Gasteiger partial charge in [0.15, 0.2) is 0 Å². The molecule has 2 aromatic rings. The fourth-order valence-corrected chi connectivity index (χ4v) is 1.56. The second-order valence-corrected chi connectivity index (χ2v) is 3.85. The lowest BCUT2D eigenvalue weighted by Crippen LogP contribution is -1.99. The van der Waals surface area contributed by atoms with Gasteiger partial charge < -0.3 is 15.5 Å². The molecule has 0 spiro atoms. The number of aromatic amines is 1. The third-order valence-electron chi connectivity index (χ3n) is 2.61. The maximum absolute atomic E-state index is 5.61. The van der Waals surface area contributed by atoms with Gasteiger partial charge in [-0.05, 0) is 24.1 Å². The van der Waals surface area contributed by atoms with Crippen LogP contribution >= 0.6 is 0 Å². The molecule has 90 valence electrons. The number of nitrogens with one attached hydrogen (secondary N) is 1. The molecule has 0 bridgehead atoms. The van der Waals surface area contributed by atoms with Gasteiger partial charge in [0.2, 0.25) is 0 Å². The molecular weight excluding hydrogens is 214 g/mol. The summed E-state index contributed by atoms with van der Waals surface area (Å²) in [5.74, 6) is 1.65. The smallest absolute Gasteiger partial charge is 0.146 e. The summed E-state index contributed by atoms with van der Waals surface area (Å²) in [6.45, 7) is 3.04. The Morgan fingerprint density at radius 2 is 2.06 bits per heavy atom. The number of benzene rings is 1. The Morgan fingerprint density at radius 3 is 2.65 bits per heavy atom. The van der Waals surface area contributed by atoms with Gasteiger partial charge in [-0.1, -0.05) is 19.1 Å². The molecule has 0 radical (unpaired) electrons. The Kier molecular flexibility index (Phi) is 3.77. The standard InChI is InChI=1S/C13H17N3O/c1-2-10-3-5-12(6-4-10)17-9-13-15-8-11(7-14)16-13/h3-6,8H,2,7,9,14H2,1H3,(H,15,16). The molecule has 0 aliphatic heterocycles. The van der Waals surface area contributed by atoms with Gasteiger partial charge in [0, 0.05) is 18.4 Å². The van der Waals surface area contributed by atoms with Crippen molar-refractivity contribution in [2.45, 2.75) is 26.5 Å². The van der Waals surface area contributed by atoms with Crippen LogP contribution in [0.4, 0.5) is 0 Å². The van der Waals surface area contributed by atoms with Crippen LogP contribution < -0.4 is 10.5 Å². The SMILES string of the molecule is CCc1ccc(OCc2ncc(CN)[nH]2)cc1. The van der Waals surface area contributed by atoms with Crippen LogP contribution in [0.2, 0.25) is 0 Å². The summed E-state index contributed by atoms with van der Waals surface area (Å²) in [7, 11) is 0. The zero-order chi connectivity index (χ0) is 12.1. The van der Waals surface area contributed by atoms with Crippen LogP contribution in [0.5, 0.6) is 5.75 Å². The fraction of sp³-hybridized carbons (Fsp3) is 0.308. The van der Waals surface area contributed by atoms with E-state index in [1.807, 2.05) is 12.1 Å². The van der Waals surface area contributed by atoms with Gasteiger partial charge in [0.1, 0.15) is 18.2 Å². The summed E-state index contributed by atoms with van der Waals surface area (Å²) in [6.07, 6.45) is 2.77. The first-order valence-electron chi connectivity index (χ1n) is 5.76. The third kappa shape index (κ3) is 3.07. The maximum atomic E-state index is 5.61. The van der Waals surface area contributed by atoms with Crippen LogP contribution in [-0.4, -0.2) is 9.97 Å². The molecule has 0 aliphatic rings. The van der Waals surface area contributed by atoms with Crippen molar-refractivity contribution in [3.8, 4) is 5.75 Å². The minimum atomic E-state index is 0.436. The molecule has 0 saturated heterocycles. The molecule has 17 heavy (non-hydrogen) atoms. The highest BCUT2D eigenvalue weighted by molar-refractivity contribution is 5.27. The second kappa shape index (κ2) is 5.50. The summed E-state index contributed by atoms with van der Waals surface area (Å²) in [4.78, 5) is 7.27. The third-order valence-corrected chi connectivity index (χ3v) is 2.61. The van der Waals surface area contributed by atoms with E-state index in [4.69, 9.17) is 10.5 Å². The van der Waals surface area contributed by atoms with E-state index < -0.39 is 0 Å². The van der Waals surface area contributed by atoms with Gasteiger partial charge in [-0.3, -0.25) is 0 Å². The number of imidazole rings is 1. The van der Waals surface area contributed by atoms with Crippen molar-refractivity contribution >= 4 is 0 Å². The Labute approximate surface area is 101 Å². The second-order valence-electron chi connectivity index (χ2n) is 3.85. The van der Waals surface area contributed by atoms with Crippen LogP contribution in [0.3, 0.4) is 0 Å². The molecule has 1 aromatic heterocycles. The van der Waals surface area contributed by atoms with Crippen molar-refractivity contribution < 1.29 is 4.74 Å². The summed E-state index contributed by atoms with van der Waals surface area (Å²) in [6, 6.07) is 8.10. The molecule has 0 atom stereocenters. The van der Waals surface area contributed by atoms with Crippen molar-refractivity contribution in [1.82, 2.24) is 9.97 Å². The van der Waals surface area contributed by atoms with Crippen LogP contribution in [0, 0.1) is 0 Å². The van der Waals surface area contributed by atoms with Crippen molar-refractivity contribution in [2.24, 2.45) is 5.73 Å². The molecule has 1 heterocycles. The van der Waals surface area contributed by atoms with Gasteiger partial charge in [-0.15, -0.1) is 0 Å². The number of nitrogens with two attached hydrogens (primary N) is 1. The predicted molar refractivity (Wildman–Crippen MR) is 66.6 cm³/mol. The molecule has 2 rings (SSSR count). The van der Waals surface area contributed by atoms with Crippen molar-refractivity contribution in [3.05, 3.63) is 47.5 Å². The number of ether oxygens (including phenoxy) is 1. The first-order valence-corrected chi connectivity index (χ1v) is 5.76. The van der Waals surface area contributed by atoms with Gasteiger partial charge in [-0.25, -0.2) is 4.98 Å². The molecule has 0 unspecified atom stereocenters. The van der Waals surface area contributed by atoms with Gasteiger partial charge >= 0.3 is 0 Å². The van der Waals surface area contributed by atoms with E-state index in [0.717, 1.165) is 23.7 Å². The topological polar surface area (TPSA) is 63.9 Å². The van der Waals surface area contributed by atoms with Crippen LogP contribution in [0.1, 0.15) is 24.0 Å². The first kappa shape index (κ1) is 11.7. The highest BCUT2D eigenvalue weighted by Gasteiger charge is 2.00. The normalized spacial score (nSPS) is 10.5. The lowest BCUT2D eigenvalue weighted by atomic mass is 10.2. The van der Waals surface area contributed by atoms with E-state index in [-0.39, 0.29) is 0 Å². The summed E-state index contributed by atoms with van der Waals surface area (Å²) in [5, 5.41) is 0. The summed E-state index contributed by atoms with van der Waals surface area (Å²) in [5.41, 5.74) is 7.72. The number of hydrogen-bond acceptors (Lipinski definition) is 3. The van der Waals surface area contributed by atoms with Gasteiger partial charge in [0.05, 0.1) is 0 Å². The lowest BCUT2D eigenvalue weighted by Gasteiger charge is -2.04. The number of H-pyrrole nitrogens is 1. The molecule has 0 saturated carbocycles. The van der Waals surface area contributed by atoms with E-state index in [2.05, 4.69) is 29.0 Å². The lowest BCUT2D eigenvalue weighted by molar-refractivity contribution is 0.297. The number of aryl methyl sites for hydroxylation is 1. The highest BCUT2D eigenvalue weighted by atomic mass is 16.5. The largest absolute Gasteiger partial charge is 0.486 e. The van der Waals surface area contributed by atoms with E-state index in [0.29, 0.717) is 13.2 Å². The summed E-state index contributed by atoms with van der Waals surface area (Å²) >= 11 is 0. The van der Waals surface area contributed by atoms with Crippen molar-refractivity contribution in [1.29, 1.82) is 0 Å². The monoisotopic (exact) mass is 231 g/mol. The molecule has 4 heteroatoms. The van der Waals surface area contributed by atoms with E-state index in [1.165, 1.54) is 5.56 Å². The Hall–Kier alpha value is -1.81. The number of aromatic nitrogens is 2. The van der Waals surface area contributed by atoms with E-state index in [1.54, 1.807) is 6.20 Å². The molecule has 0 amide bonds. The summed E-state index contributed by atoms with van der Waals surface area (Å²) < 4.78 is 5.61. The number of nitrogens with zero attached hydrogens (tertiary/aromatic N) is 1. The van der Waals surface area contributed by atoms with E-state index >= 15 is 0 Å². The molecule has 0 fully saturated rings. The van der Waals surface area contributed by atoms with Gasteiger partial charge in [-0.2, -0.15) is 0 Å². The Bertz CT molecular complexity index is 462. The maximum Gasteiger partial charge on any atom is 0.146 e. The van der Waals surface area contributed by atoms with Gasteiger partial charge in [0.25, 0.3) is 0 Å². The number of rotatable bonds is 5. The van der Waals surface area contributed by atoms with Crippen LogP contribution in [0.15, 0.2) is 30.5 Å². The molecule has 0 aliphatic carbocycles. The molecule has 4 nitrogen and oxygen atoms in total. The Morgan fingerprint density at radius 1 is 1.29 bits per heavy atom. The fourth-order valence-electron chi connectivity index (χ4n) is 1.56. The minimum absolute atomic E-state index is 0.436. The quantitative estimate of drug-likeness (QED) is 0.827. The molecule has 1 aromatic carbocycles. The minimum Gasteiger partial charge on any atom is -0.486 e. The van der Waals surface area contributed by atoms with E-state index in [9.17, 15) is 0 Å². The molecule has 3 N–H and O–H groups in total. The van der Waals surface area contributed by atoms with Crippen molar-refractivity contribution in [3.63, 3.8) is 0 Å². The van der Waals surface area contributed by atoms with Crippen LogP contribution in [0.25, 0.3) is 0 Å². The van der Waals surface area contributed by atoms with Crippen molar-refractivity contribution in [2.75, 3.05) is 0 Å². The average Bonchev–Trinajstić information content (AvgIpc) is 2.85. The number of hydrogen-bond donors (Lipinski definition) is 2. The van der Waals surface area contributed by atoms with Crippen LogP contribution in [-0.2, 0) is 19.6 Å². The average molecular weight is 231 g/mol. The predicted octanol–water partition coefficient (Wildman–Crippen LogP) is 2.01. The zero-order valence-electron chi connectivity index (χ0n) is 9.94. The highest BCUT2D eigenvalue weighted by Crippen LogP contribution is 2.13. The zero-order valence-corrected chi connectivity index (χ0v) is 9.94.